The Labute approximate surface area is 192 Å². The molecule has 0 aliphatic carbocycles. The normalized spacial score (nSPS) is 11.7. The van der Waals surface area contributed by atoms with Gasteiger partial charge in [0.1, 0.15) is 23.2 Å². The summed E-state index contributed by atoms with van der Waals surface area (Å²) in [5.41, 5.74) is 5.15. The monoisotopic (exact) mass is 442 g/mol. The fourth-order valence-electron chi connectivity index (χ4n) is 4.16. The summed E-state index contributed by atoms with van der Waals surface area (Å²) in [6, 6.07) is 26.5. The summed E-state index contributed by atoms with van der Waals surface area (Å²) in [4.78, 5) is 0. The van der Waals surface area contributed by atoms with Gasteiger partial charge in [-0.15, -0.1) is 0 Å². The molecule has 164 valence electrons. The highest BCUT2D eigenvalue weighted by molar-refractivity contribution is 7.00. The van der Waals surface area contributed by atoms with Gasteiger partial charge in [-0.25, -0.2) is 13.2 Å². The number of rotatable bonds is 6. The topological polar surface area (TPSA) is 9.23 Å². The molecule has 0 aliphatic heterocycles. The number of methoxy groups -OCH3 is 1. The molecule has 0 aromatic heterocycles. The van der Waals surface area contributed by atoms with E-state index in [4.69, 9.17) is 4.74 Å². The highest BCUT2D eigenvalue weighted by Gasteiger charge is 2.28. The molecule has 0 heterocycles. The van der Waals surface area contributed by atoms with E-state index in [1.165, 1.54) is 36.4 Å². The molecule has 0 saturated carbocycles. The van der Waals surface area contributed by atoms with Gasteiger partial charge in [0.2, 0.25) is 6.71 Å². The van der Waals surface area contributed by atoms with Crippen molar-refractivity contribution in [2.45, 2.75) is 6.92 Å². The lowest BCUT2D eigenvalue weighted by molar-refractivity contribution is 0.413. The molecule has 0 unspecified atom stereocenters. The van der Waals surface area contributed by atoms with Crippen LogP contribution in [0.25, 0.3) is 11.0 Å². The van der Waals surface area contributed by atoms with Gasteiger partial charge in [-0.2, -0.15) is 0 Å². The molecule has 0 radical (unpaired) electrons. The van der Waals surface area contributed by atoms with Gasteiger partial charge >= 0.3 is 0 Å². The summed E-state index contributed by atoms with van der Waals surface area (Å²) in [6.07, 6.45) is 0. The first kappa shape index (κ1) is 22.5. The summed E-state index contributed by atoms with van der Waals surface area (Å²) in [6.45, 7) is 1.62. The van der Waals surface area contributed by atoms with E-state index in [0.717, 1.165) is 33.1 Å². The first-order chi connectivity index (χ1) is 16.0. The van der Waals surface area contributed by atoms with Crippen molar-refractivity contribution in [3.63, 3.8) is 0 Å². The van der Waals surface area contributed by atoms with E-state index in [-0.39, 0.29) is 24.2 Å². The Kier molecular flexibility index (Phi) is 6.69. The average Bonchev–Trinajstić information content (AvgIpc) is 2.84. The molecule has 0 saturated heterocycles. The maximum Gasteiger partial charge on any atom is 0.242 e. The molecule has 0 atom stereocenters. The third-order valence-corrected chi connectivity index (χ3v) is 5.77. The fraction of sp³-hybridized carbons (Fsp3) is 0.0714. The maximum atomic E-state index is 13.8. The van der Waals surface area contributed by atoms with Crippen molar-refractivity contribution in [1.82, 2.24) is 0 Å². The Morgan fingerprint density at radius 1 is 0.636 bits per heavy atom. The Morgan fingerprint density at radius 2 is 1.09 bits per heavy atom. The Balaban J connectivity index is 2.04. The van der Waals surface area contributed by atoms with Crippen molar-refractivity contribution in [2.24, 2.45) is 0 Å². The highest BCUT2D eigenvalue weighted by Crippen LogP contribution is 2.33. The third-order valence-electron chi connectivity index (χ3n) is 5.77. The van der Waals surface area contributed by atoms with E-state index < -0.39 is 0 Å². The second-order valence-electron chi connectivity index (χ2n) is 7.78. The molecular weight excluding hydrogens is 420 g/mol. The largest absolute Gasteiger partial charge is 0.496 e. The summed E-state index contributed by atoms with van der Waals surface area (Å²) in [5.74, 6) is -0.324. The predicted octanol–water partition coefficient (Wildman–Crippen LogP) is 5.89. The van der Waals surface area contributed by atoms with E-state index in [9.17, 15) is 13.2 Å². The standard InChI is InChI=1S/C28H22BF3O/c1-19(26-5-3-4-6-27(26)33-2)28(20-7-13-23(30)14-8-20)29(21-9-15-24(31)16-10-21)22-11-17-25(32)18-12-22/h3-18H,1-2H3/b28-19-. The van der Waals surface area contributed by atoms with Gasteiger partial charge in [-0.1, -0.05) is 71.0 Å². The molecule has 0 N–H and O–H groups in total. The van der Waals surface area contributed by atoms with Crippen LogP contribution in [-0.2, 0) is 0 Å². The van der Waals surface area contributed by atoms with Gasteiger partial charge < -0.3 is 4.74 Å². The first-order valence-electron chi connectivity index (χ1n) is 10.6. The van der Waals surface area contributed by atoms with Crippen LogP contribution >= 0.6 is 0 Å². The SMILES string of the molecule is COc1ccccc1/C(C)=C(\B(c1ccc(F)cc1)c1ccc(F)cc1)c1ccc(F)cc1. The lowest BCUT2D eigenvalue weighted by atomic mass is 9.34. The third kappa shape index (κ3) is 4.88. The lowest BCUT2D eigenvalue weighted by Gasteiger charge is -2.23. The van der Waals surface area contributed by atoms with Crippen LogP contribution in [0.3, 0.4) is 0 Å². The van der Waals surface area contributed by atoms with E-state index in [1.54, 1.807) is 43.5 Å². The molecule has 0 spiro atoms. The van der Waals surface area contributed by atoms with E-state index in [0.29, 0.717) is 5.75 Å². The van der Waals surface area contributed by atoms with Crippen LogP contribution in [0, 0.1) is 17.5 Å². The van der Waals surface area contributed by atoms with Crippen LogP contribution in [0.5, 0.6) is 5.75 Å². The van der Waals surface area contributed by atoms with Crippen LogP contribution in [0.1, 0.15) is 18.1 Å². The molecule has 33 heavy (non-hydrogen) atoms. The summed E-state index contributed by atoms with van der Waals surface area (Å²) in [7, 11) is 1.61. The minimum Gasteiger partial charge on any atom is -0.496 e. The van der Waals surface area contributed by atoms with Crippen LogP contribution < -0.4 is 15.7 Å². The van der Waals surface area contributed by atoms with Crippen molar-refractivity contribution >= 4 is 28.7 Å². The van der Waals surface area contributed by atoms with Crippen molar-refractivity contribution in [1.29, 1.82) is 0 Å². The van der Waals surface area contributed by atoms with Crippen molar-refractivity contribution in [2.75, 3.05) is 7.11 Å². The van der Waals surface area contributed by atoms with Crippen LogP contribution in [-0.4, -0.2) is 13.8 Å². The van der Waals surface area contributed by atoms with E-state index >= 15 is 0 Å². The quantitative estimate of drug-likeness (QED) is 0.267. The fourth-order valence-corrected chi connectivity index (χ4v) is 4.16. The van der Waals surface area contributed by atoms with Gasteiger partial charge in [0, 0.05) is 5.56 Å². The molecule has 0 fully saturated rings. The molecule has 4 aromatic carbocycles. The maximum absolute atomic E-state index is 13.8. The molecule has 1 nitrogen and oxygen atoms in total. The number of hydrogen-bond donors (Lipinski definition) is 0. The van der Waals surface area contributed by atoms with Gasteiger partial charge in [0.05, 0.1) is 7.11 Å². The summed E-state index contributed by atoms with van der Waals surface area (Å²) in [5, 5.41) is 0. The Hall–Kier alpha value is -3.73. The number of para-hydroxylation sites is 1. The zero-order valence-electron chi connectivity index (χ0n) is 18.4. The van der Waals surface area contributed by atoms with E-state index in [2.05, 4.69) is 0 Å². The van der Waals surface area contributed by atoms with Gasteiger partial charge in [-0.05, 0) is 60.5 Å². The first-order valence-corrected chi connectivity index (χ1v) is 10.6. The molecule has 0 aliphatic rings. The van der Waals surface area contributed by atoms with Crippen molar-refractivity contribution in [3.8, 4) is 5.75 Å². The average molecular weight is 442 g/mol. The van der Waals surface area contributed by atoms with Crippen LogP contribution in [0.15, 0.2) is 97.1 Å². The zero-order valence-corrected chi connectivity index (χ0v) is 18.4. The van der Waals surface area contributed by atoms with E-state index in [1.807, 2.05) is 31.2 Å². The number of benzene rings is 4. The van der Waals surface area contributed by atoms with Crippen LogP contribution in [0.2, 0.25) is 0 Å². The van der Waals surface area contributed by atoms with Gasteiger partial charge in [-0.3, -0.25) is 0 Å². The molecule has 4 aromatic rings. The number of allylic oxidation sites excluding steroid dienone is 1. The minimum absolute atomic E-state index is 0.340. The summed E-state index contributed by atoms with van der Waals surface area (Å²) >= 11 is 0. The lowest BCUT2D eigenvalue weighted by Crippen LogP contribution is -2.44. The van der Waals surface area contributed by atoms with Gasteiger partial charge in [0.25, 0.3) is 0 Å². The Bertz CT molecular complexity index is 1220. The number of hydrogen-bond acceptors (Lipinski definition) is 1. The van der Waals surface area contributed by atoms with Crippen molar-refractivity contribution < 1.29 is 17.9 Å². The predicted molar refractivity (Wildman–Crippen MR) is 130 cm³/mol. The molecule has 0 amide bonds. The molecular formula is C28H22BF3O. The molecule has 4 rings (SSSR count). The number of ether oxygens (including phenoxy) is 1. The highest BCUT2D eigenvalue weighted by atomic mass is 19.1. The second-order valence-corrected chi connectivity index (χ2v) is 7.78. The van der Waals surface area contributed by atoms with Gasteiger partial charge in [0.15, 0.2) is 0 Å². The van der Waals surface area contributed by atoms with Crippen LogP contribution in [0.4, 0.5) is 13.2 Å². The minimum atomic E-state index is -0.360. The summed E-state index contributed by atoms with van der Waals surface area (Å²) < 4.78 is 47.0. The smallest absolute Gasteiger partial charge is 0.242 e. The molecule has 0 bridgehead atoms. The Morgan fingerprint density at radius 3 is 1.58 bits per heavy atom. The van der Waals surface area contributed by atoms with Crippen molar-refractivity contribution in [3.05, 3.63) is 126 Å². The number of halogens is 3. The zero-order chi connectivity index (χ0) is 23.4. The molecule has 5 heteroatoms. The second kappa shape index (κ2) is 9.82.